The van der Waals surface area contributed by atoms with Crippen molar-refractivity contribution in [2.24, 2.45) is 0 Å². The number of pyridine rings is 1. The van der Waals surface area contributed by atoms with Crippen molar-refractivity contribution in [2.75, 3.05) is 14.2 Å². The number of hydrogen-bond acceptors (Lipinski definition) is 3. The Bertz CT molecular complexity index is 291. The summed E-state index contributed by atoms with van der Waals surface area (Å²) in [5.74, 6) is 0. The molecule has 0 aliphatic carbocycles. The van der Waals surface area contributed by atoms with Crippen LogP contribution >= 0.6 is 34.2 Å². The van der Waals surface area contributed by atoms with Crippen molar-refractivity contribution in [1.82, 2.24) is 4.98 Å². The third kappa shape index (κ3) is 2.52. The van der Waals surface area contributed by atoms with Gasteiger partial charge in [0.15, 0.2) is 6.29 Å². The molecule has 1 aromatic heterocycles. The van der Waals surface area contributed by atoms with Crippen LogP contribution in [0.5, 0.6) is 0 Å². The lowest BCUT2D eigenvalue weighted by Gasteiger charge is -2.14. The first-order chi connectivity index (χ1) is 6.20. The first-order valence-corrected chi connectivity index (χ1v) is 5.02. The van der Waals surface area contributed by atoms with E-state index in [-0.39, 0.29) is 0 Å². The molecule has 0 aliphatic rings. The Hall–Kier alpha value is 0.0900. The molecule has 1 heterocycles. The maximum Gasteiger partial charge on any atom is 0.184 e. The normalized spacial score (nSPS) is 10.8. The van der Waals surface area contributed by atoms with E-state index in [4.69, 9.17) is 21.1 Å². The van der Waals surface area contributed by atoms with Crippen LogP contribution in [-0.4, -0.2) is 19.2 Å². The zero-order valence-electron chi connectivity index (χ0n) is 7.25. The van der Waals surface area contributed by atoms with Gasteiger partial charge in [0, 0.05) is 26.0 Å². The van der Waals surface area contributed by atoms with E-state index >= 15 is 0 Å². The molecule has 72 valence electrons. The van der Waals surface area contributed by atoms with Crippen LogP contribution in [0.4, 0.5) is 0 Å². The molecule has 0 saturated heterocycles. The lowest BCUT2D eigenvalue weighted by atomic mass is 10.2. The Kier molecular flexibility index (Phi) is 4.37. The van der Waals surface area contributed by atoms with Crippen molar-refractivity contribution in [3.63, 3.8) is 0 Å². The van der Waals surface area contributed by atoms with E-state index < -0.39 is 6.29 Å². The highest BCUT2D eigenvalue weighted by atomic mass is 127. The summed E-state index contributed by atoms with van der Waals surface area (Å²) < 4.78 is 10.9. The average molecular weight is 314 g/mol. The lowest BCUT2D eigenvalue weighted by Crippen LogP contribution is -2.05. The maximum absolute atomic E-state index is 6.02. The molecule has 0 bridgehead atoms. The number of rotatable bonds is 3. The molecule has 0 atom stereocenters. The third-order valence-corrected chi connectivity index (χ3v) is 3.09. The highest BCUT2D eigenvalue weighted by Crippen LogP contribution is 2.27. The van der Waals surface area contributed by atoms with Crippen molar-refractivity contribution in [2.45, 2.75) is 6.29 Å². The van der Waals surface area contributed by atoms with Gasteiger partial charge in [-0.25, -0.2) is 4.98 Å². The number of hydrogen-bond donors (Lipinski definition) is 0. The summed E-state index contributed by atoms with van der Waals surface area (Å²) in [6.07, 6.45) is 1.25. The van der Waals surface area contributed by atoms with Gasteiger partial charge in [-0.3, -0.25) is 0 Å². The highest BCUT2D eigenvalue weighted by molar-refractivity contribution is 14.1. The second-order valence-corrected chi connectivity index (χ2v) is 3.71. The summed E-state index contributed by atoms with van der Waals surface area (Å²) in [5, 5.41) is 0.580. The van der Waals surface area contributed by atoms with E-state index in [9.17, 15) is 0 Å². The largest absolute Gasteiger partial charge is 0.352 e. The van der Waals surface area contributed by atoms with Gasteiger partial charge in [-0.05, 0) is 28.7 Å². The quantitative estimate of drug-likeness (QED) is 0.488. The molecule has 0 saturated carbocycles. The van der Waals surface area contributed by atoms with Crippen molar-refractivity contribution < 1.29 is 9.47 Å². The Morgan fingerprint density at radius 1 is 1.46 bits per heavy atom. The summed E-state index contributed by atoms with van der Waals surface area (Å²) >= 11 is 8.08. The van der Waals surface area contributed by atoms with Crippen LogP contribution in [0.3, 0.4) is 0 Å². The van der Waals surface area contributed by atoms with Crippen molar-refractivity contribution in [1.29, 1.82) is 0 Å². The molecule has 13 heavy (non-hydrogen) atoms. The Balaban J connectivity index is 3.05. The van der Waals surface area contributed by atoms with E-state index in [0.29, 0.717) is 5.02 Å². The Morgan fingerprint density at radius 2 is 2.08 bits per heavy atom. The number of methoxy groups -OCH3 is 2. The minimum absolute atomic E-state index is 0.427. The molecular formula is C8H9ClINO2. The van der Waals surface area contributed by atoms with Crippen LogP contribution in [0.15, 0.2) is 12.3 Å². The van der Waals surface area contributed by atoms with Gasteiger partial charge < -0.3 is 9.47 Å². The molecule has 0 N–H and O–H groups in total. The van der Waals surface area contributed by atoms with E-state index in [0.717, 1.165) is 9.26 Å². The molecule has 3 nitrogen and oxygen atoms in total. The van der Waals surface area contributed by atoms with Crippen molar-refractivity contribution in [3.8, 4) is 0 Å². The van der Waals surface area contributed by atoms with Crippen LogP contribution in [-0.2, 0) is 9.47 Å². The molecule has 1 aromatic rings. The van der Waals surface area contributed by atoms with E-state index in [1.165, 1.54) is 0 Å². The first kappa shape index (κ1) is 11.2. The molecular weight excluding hydrogens is 304 g/mol. The van der Waals surface area contributed by atoms with Crippen LogP contribution < -0.4 is 0 Å². The first-order valence-electron chi connectivity index (χ1n) is 3.56. The standard InChI is InChI=1S/C8H9ClINO2/c1-12-8(13-2)5-3-4-11-7(10)6(5)9/h3-4,8H,1-2H3. The summed E-state index contributed by atoms with van der Waals surface area (Å²) in [5.41, 5.74) is 0.797. The topological polar surface area (TPSA) is 31.4 Å². The molecule has 0 amide bonds. The second-order valence-electron chi connectivity index (χ2n) is 2.31. The summed E-state index contributed by atoms with van der Waals surface area (Å²) in [4.78, 5) is 4.03. The fourth-order valence-electron chi connectivity index (χ4n) is 0.964. The van der Waals surface area contributed by atoms with Gasteiger partial charge in [0.2, 0.25) is 0 Å². The molecule has 0 aliphatic heterocycles. The lowest BCUT2D eigenvalue weighted by molar-refractivity contribution is -0.106. The van der Waals surface area contributed by atoms with Gasteiger partial charge in [0.1, 0.15) is 3.70 Å². The molecule has 0 aromatic carbocycles. The monoisotopic (exact) mass is 313 g/mol. The van der Waals surface area contributed by atoms with Gasteiger partial charge in [0.25, 0.3) is 0 Å². The van der Waals surface area contributed by atoms with Gasteiger partial charge >= 0.3 is 0 Å². The second kappa shape index (κ2) is 5.09. The van der Waals surface area contributed by atoms with Crippen molar-refractivity contribution in [3.05, 3.63) is 26.5 Å². The maximum atomic E-state index is 6.02. The van der Waals surface area contributed by atoms with Gasteiger partial charge in [0.05, 0.1) is 5.02 Å². The molecule has 5 heteroatoms. The molecule has 0 unspecified atom stereocenters. The zero-order chi connectivity index (χ0) is 9.84. The molecule has 0 radical (unpaired) electrons. The van der Waals surface area contributed by atoms with E-state index in [2.05, 4.69) is 27.6 Å². The summed E-state index contributed by atoms with van der Waals surface area (Å²) in [6, 6.07) is 1.78. The fraction of sp³-hybridized carbons (Fsp3) is 0.375. The smallest absolute Gasteiger partial charge is 0.184 e. The van der Waals surface area contributed by atoms with Gasteiger partial charge in [-0.15, -0.1) is 0 Å². The Morgan fingerprint density at radius 3 is 2.62 bits per heavy atom. The minimum atomic E-state index is -0.427. The third-order valence-electron chi connectivity index (χ3n) is 1.56. The average Bonchev–Trinajstić information content (AvgIpc) is 2.14. The molecule has 0 fully saturated rings. The summed E-state index contributed by atoms with van der Waals surface area (Å²) in [7, 11) is 3.13. The van der Waals surface area contributed by atoms with Crippen LogP contribution in [0.2, 0.25) is 5.02 Å². The Labute approximate surface area is 95.5 Å². The predicted molar refractivity (Wildman–Crippen MR) is 58.7 cm³/mol. The van der Waals surface area contributed by atoms with E-state index in [1.807, 2.05) is 0 Å². The number of aromatic nitrogens is 1. The predicted octanol–water partition coefficient (Wildman–Crippen LogP) is 2.63. The number of halogens is 2. The summed E-state index contributed by atoms with van der Waals surface area (Å²) in [6.45, 7) is 0. The number of nitrogens with zero attached hydrogens (tertiary/aromatic N) is 1. The SMILES string of the molecule is COC(OC)c1ccnc(I)c1Cl. The van der Waals surface area contributed by atoms with E-state index in [1.54, 1.807) is 26.5 Å². The highest BCUT2D eigenvalue weighted by Gasteiger charge is 2.14. The van der Waals surface area contributed by atoms with Crippen LogP contribution in [0, 0.1) is 3.70 Å². The van der Waals surface area contributed by atoms with Crippen molar-refractivity contribution >= 4 is 34.2 Å². The van der Waals surface area contributed by atoms with Crippen LogP contribution in [0.25, 0.3) is 0 Å². The van der Waals surface area contributed by atoms with Gasteiger partial charge in [-0.1, -0.05) is 11.6 Å². The zero-order valence-corrected chi connectivity index (χ0v) is 10.2. The fourth-order valence-corrected chi connectivity index (χ4v) is 1.64. The van der Waals surface area contributed by atoms with Crippen LogP contribution in [0.1, 0.15) is 11.9 Å². The molecule has 1 rings (SSSR count). The minimum Gasteiger partial charge on any atom is -0.352 e. The van der Waals surface area contributed by atoms with Gasteiger partial charge in [-0.2, -0.15) is 0 Å². The molecule has 0 spiro atoms. The number of ether oxygens (including phenoxy) is 2.